The first-order valence-corrected chi connectivity index (χ1v) is 20.8. The van der Waals surface area contributed by atoms with Crippen molar-refractivity contribution in [2.45, 2.75) is 155 Å². The van der Waals surface area contributed by atoms with Crippen molar-refractivity contribution >= 4 is 23.5 Å². The van der Waals surface area contributed by atoms with Gasteiger partial charge in [-0.2, -0.15) is 0 Å². The van der Waals surface area contributed by atoms with E-state index in [9.17, 15) is 19.2 Å². The average Bonchev–Trinajstić information content (AvgIpc) is 3.55. The maximum atomic E-state index is 13.5. The monoisotopic (exact) mass is 686 g/mol. The Balaban J connectivity index is 0.885. The Bertz CT molecular complexity index is 1490. The molecule has 14 atom stereocenters. The van der Waals surface area contributed by atoms with E-state index in [0.29, 0.717) is 83.6 Å². The second kappa shape index (κ2) is 12.7. The van der Waals surface area contributed by atoms with E-state index in [1.807, 2.05) is 12.2 Å². The van der Waals surface area contributed by atoms with Crippen LogP contribution in [0.25, 0.3) is 0 Å². The number of carbonyl (C=O) groups excluding carboxylic acids is 4. The molecule has 0 aromatic rings. The molecule has 8 unspecified atom stereocenters. The Labute approximate surface area is 300 Å². The first-order chi connectivity index (χ1) is 23.9. The molecule has 0 aromatic heterocycles. The fourth-order valence-electron chi connectivity index (χ4n) is 15.2. The van der Waals surface area contributed by atoms with Crippen molar-refractivity contribution in [2.24, 2.45) is 70.0 Å². The van der Waals surface area contributed by atoms with Gasteiger partial charge in [0.15, 0.2) is 11.6 Å². The van der Waals surface area contributed by atoms with E-state index in [1.165, 1.54) is 11.1 Å². The zero-order valence-electron chi connectivity index (χ0n) is 31.5. The van der Waals surface area contributed by atoms with Crippen LogP contribution in [0.4, 0.5) is 0 Å². The number of carbonyl (C=O) groups is 4. The number of fused-ring (bicyclic) bond motifs is 10. The van der Waals surface area contributed by atoms with Crippen LogP contribution in [-0.4, -0.2) is 35.2 Å². The van der Waals surface area contributed by atoms with E-state index in [4.69, 9.17) is 9.47 Å². The lowest BCUT2D eigenvalue weighted by Gasteiger charge is -2.58. The van der Waals surface area contributed by atoms with Gasteiger partial charge in [-0.1, -0.05) is 38.8 Å². The van der Waals surface area contributed by atoms with Crippen LogP contribution in [0.5, 0.6) is 0 Å². The Morgan fingerprint density at radius 2 is 1.46 bits per heavy atom. The van der Waals surface area contributed by atoms with Gasteiger partial charge < -0.3 is 9.47 Å². The number of hydrogen-bond acceptors (Lipinski definition) is 6. The van der Waals surface area contributed by atoms with Crippen LogP contribution in [0.2, 0.25) is 0 Å². The van der Waals surface area contributed by atoms with Crippen molar-refractivity contribution < 1.29 is 28.7 Å². The summed E-state index contributed by atoms with van der Waals surface area (Å²) in [6, 6.07) is 0. The molecule has 8 aliphatic carbocycles. The molecule has 8 rings (SSSR count). The number of ether oxygens (including phenoxy) is 2. The molecule has 6 nitrogen and oxygen atoms in total. The Morgan fingerprint density at radius 3 is 2.22 bits per heavy atom. The highest BCUT2D eigenvalue weighted by atomic mass is 16.6. The fraction of sp³-hybridized carbons (Fsp3) is 0.818. The Hall–Kier alpha value is -2.24. The molecule has 0 radical (unpaired) electrons. The number of rotatable bonds is 6. The lowest BCUT2D eigenvalue weighted by molar-refractivity contribution is -0.184. The van der Waals surface area contributed by atoms with Gasteiger partial charge in [-0.3, -0.25) is 19.2 Å². The standard InChI is InChI=1S/C44H62O6/c1-6-44-20-17-33-31-11-8-29(45)22-27(31)7-10-34(33)35(44)18-19-43(44,5)50-39(48)16-15-38(47)49-37-14-13-36-41-25(2)21-28-23-30(46)9-12-32(28)40(41)26(3)24-42(36,37)4/h22-23,25-26,31-37,40-41H,6-21,24H2,1-5H3/t25-,26+,31?,32?,33?,34?,35?,36?,37+,40?,41?,42+,43+,44+/m1/s1. The Kier molecular flexibility index (Phi) is 8.85. The highest BCUT2D eigenvalue weighted by Gasteiger charge is 2.64. The van der Waals surface area contributed by atoms with Gasteiger partial charge in [-0.25, -0.2) is 0 Å². The molecule has 6 fully saturated rings. The summed E-state index contributed by atoms with van der Waals surface area (Å²) < 4.78 is 12.8. The van der Waals surface area contributed by atoms with Crippen LogP contribution >= 0.6 is 0 Å². The van der Waals surface area contributed by atoms with Crippen LogP contribution in [0, 0.1) is 70.0 Å². The van der Waals surface area contributed by atoms with Crippen molar-refractivity contribution in [1.82, 2.24) is 0 Å². The van der Waals surface area contributed by atoms with Gasteiger partial charge in [-0.15, -0.1) is 0 Å². The van der Waals surface area contributed by atoms with Crippen molar-refractivity contribution in [3.8, 4) is 0 Å². The van der Waals surface area contributed by atoms with Crippen LogP contribution in [0.3, 0.4) is 0 Å². The Morgan fingerprint density at radius 1 is 0.740 bits per heavy atom. The van der Waals surface area contributed by atoms with Crippen molar-refractivity contribution in [2.75, 3.05) is 0 Å². The molecule has 274 valence electrons. The minimum absolute atomic E-state index is 0.0149. The number of esters is 2. The second-order valence-corrected chi connectivity index (χ2v) is 19.1. The predicted octanol–water partition coefficient (Wildman–Crippen LogP) is 9.15. The fourth-order valence-corrected chi connectivity index (χ4v) is 15.2. The van der Waals surface area contributed by atoms with E-state index in [2.05, 4.69) is 34.6 Å². The summed E-state index contributed by atoms with van der Waals surface area (Å²) in [7, 11) is 0. The quantitative estimate of drug-likeness (QED) is 0.259. The molecule has 0 spiro atoms. The molecule has 8 aliphatic rings. The zero-order valence-corrected chi connectivity index (χ0v) is 31.5. The van der Waals surface area contributed by atoms with E-state index >= 15 is 0 Å². The molecule has 0 N–H and O–H groups in total. The summed E-state index contributed by atoms with van der Waals surface area (Å²) in [6.45, 7) is 11.6. The molecule has 0 aliphatic heterocycles. The summed E-state index contributed by atoms with van der Waals surface area (Å²) in [5.74, 6) is 5.88. The first kappa shape index (κ1) is 34.8. The van der Waals surface area contributed by atoms with Crippen molar-refractivity contribution in [1.29, 1.82) is 0 Å². The molecular weight excluding hydrogens is 624 g/mol. The van der Waals surface area contributed by atoms with Gasteiger partial charge in [0.05, 0.1) is 12.8 Å². The highest BCUT2D eigenvalue weighted by Crippen LogP contribution is 2.68. The van der Waals surface area contributed by atoms with E-state index in [0.717, 1.165) is 83.5 Å². The van der Waals surface area contributed by atoms with Gasteiger partial charge >= 0.3 is 11.9 Å². The van der Waals surface area contributed by atoms with Gasteiger partial charge in [0.2, 0.25) is 0 Å². The summed E-state index contributed by atoms with van der Waals surface area (Å²) in [5, 5.41) is 0. The maximum Gasteiger partial charge on any atom is 0.306 e. The molecule has 6 saturated carbocycles. The maximum absolute atomic E-state index is 13.5. The van der Waals surface area contributed by atoms with E-state index in [-0.39, 0.29) is 41.7 Å². The van der Waals surface area contributed by atoms with Crippen LogP contribution < -0.4 is 0 Å². The van der Waals surface area contributed by atoms with Gasteiger partial charge in [-0.05, 0) is 162 Å². The molecular formula is C44H62O6. The van der Waals surface area contributed by atoms with Gasteiger partial charge in [0, 0.05) is 23.7 Å². The van der Waals surface area contributed by atoms with E-state index < -0.39 is 5.60 Å². The second-order valence-electron chi connectivity index (χ2n) is 19.1. The summed E-state index contributed by atoms with van der Waals surface area (Å²) in [5.41, 5.74) is 2.25. The summed E-state index contributed by atoms with van der Waals surface area (Å²) >= 11 is 0. The smallest absolute Gasteiger partial charge is 0.306 e. The normalized spacial score (nSPS) is 47.7. The third kappa shape index (κ3) is 5.36. The summed E-state index contributed by atoms with van der Waals surface area (Å²) in [6.07, 6.45) is 18.9. The van der Waals surface area contributed by atoms with E-state index in [1.54, 1.807) is 0 Å². The third-order valence-electron chi connectivity index (χ3n) is 17.1. The SMILES string of the molecule is CC[C@]12CCC3C4CCC(=O)C=C4CCC3C1CC[C@]2(C)OC(=O)CCC(=O)O[C@H]1CCC2C3C(C4CCC(=O)C=C4C[C@H]3C)[C@@H](C)C[C@@]21C. The topological polar surface area (TPSA) is 86.7 Å². The zero-order chi connectivity index (χ0) is 35.2. The highest BCUT2D eigenvalue weighted by molar-refractivity contribution is 5.91. The number of ketones is 2. The molecule has 50 heavy (non-hydrogen) atoms. The number of hydrogen-bond donors (Lipinski definition) is 0. The molecule has 0 aromatic carbocycles. The lowest BCUT2D eigenvalue weighted by atomic mass is 9.47. The molecule has 0 amide bonds. The first-order valence-electron chi connectivity index (χ1n) is 20.8. The van der Waals surface area contributed by atoms with Crippen LogP contribution in [0.15, 0.2) is 23.3 Å². The largest absolute Gasteiger partial charge is 0.462 e. The minimum atomic E-state index is -0.505. The van der Waals surface area contributed by atoms with Crippen molar-refractivity contribution in [3.05, 3.63) is 23.3 Å². The van der Waals surface area contributed by atoms with Crippen LogP contribution in [-0.2, 0) is 28.7 Å². The van der Waals surface area contributed by atoms with Gasteiger partial charge in [0.1, 0.15) is 11.7 Å². The molecule has 0 saturated heterocycles. The minimum Gasteiger partial charge on any atom is -0.462 e. The van der Waals surface area contributed by atoms with Crippen LogP contribution in [0.1, 0.15) is 144 Å². The lowest BCUT2D eigenvalue weighted by Crippen LogP contribution is -2.54. The van der Waals surface area contributed by atoms with Gasteiger partial charge in [0.25, 0.3) is 0 Å². The average molecular weight is 687 g/mol. The molecule has 0 bridgehead atoms. The third-order valence-corrected chi connectivity index (χ3v) is 17.1. The molecule has 6 heteroatoms. The predicted molar refractivity (Wildman–Crippen MR) is 192 cm³/mol. The number of allylic oxidation sites excluding steroid dienone is 2. The molecule has 0 heterocycles. The summed E-state index contributed by atoms with van der Waals surface area (Å²) in [4.78, 5) is 51.4. The van der Waals surface area contributed by atoms with Crippen molar-refractivity contribution in [3.63, 3.8) is 0 Å².